The van der Waals surface area contributed by atoms with E-state index < -0.39 is 5.97 Å². The monoisotopic (exact) mass is 297 g/mol. The van der Waals surface area contributed by atoms with E-state index >= 15 is 0 Å². The van der Waals surface area contributed by atoms with Crippen molar-refractivity contribution < 1.29 is 14.6 Å². The fourth-order valence-corrected chi connectivity index (χ4v) is 2.39. The van der Waals surface area contributed by atoms with Crippen LogP contribution in [0.5, 0.6) is 5.88 Å². The summed E-state index contributed by atoms with van der Waals surface area (Å²) in [7, 11) is 0. The molecule has 0 aliphatic rings. The number of carbonyl (C=O) groups is 1. The standard InChI is InChI=1S/C16H15N3O3/c1-3-22-16(21)12-9-13(20)17-15-14(12)10(2)18-19(15)11-7-5-4-6-8-11/h4-9H,3H2,1-2H3,(H,17,20). The Balaban J connectivity index is 2.29. The number of fused-ring (bicyclic) bond motifs is 1. The number of esters is 1. The van der Waals surface area contributed by atoms with Crippen molar-refractivity contribution in [2.24, 2.45) is 0 Å². The summed E-state index contributed by atoms with van der Waals surface area (Å²) in [5, 5.41) is 14.9. The van der Waals surface area contributed by atoms with Crippen LogP contribution in [0.3, 0.4) is 0 Å². The summed E-state index contributed by atoms with van der Waals surface area (Å²) >= 11 is 0. The van der Waals surface area contributed by atoms with Gasteiger partial charge in [0.25, 0.3) is 0 Å². The molecule has 2 aromatic heterocycles. The Morgan fingerprint density at radius 2 is 2.05 bits per heavy atom. The molecule has 0 radical (unpaired) electrons. The average Bonchev–Trinajstić information content (AvgIpc) is 2.84. The lowest BCUT2D eigenvalue weighted by Gasteiger charge is -2.06. The summed E-state index contributed by atoms with van der Waals surface area (Å²) in [5.41, 5.74) is 2.14. The van der Waals surface area contributed by atoms with Crippen LogP contribution in [0.15, 0.2) is 36.4 Å². The summed E-state index contributed by atoms with van der Waals surface area (Å²) < 4.78 is 6.65. The van der Waals surface area contributed by atoms with Crippen LogP contribution in [0.2, 0.25) is 0 Å². The fraction of sp³-hybridized carbons (Fsp3) is 0.188. The van der Waals surface area contributed by atoms with Crippen LogP contribution in [-0.4, -0.2) is 32.4 Å². The van der Waals surface area contributed by atoms with E-state index in [9.17, 15) is 9.90 Å². The van der Waals surface area contributed by atoms with Gasteiger partial charge in [-0.1, -0.05) is 18.2 Å². The average molecular weight is 297 g/mol. The van der Waals surface area contributed by atoms with Crippen molar-refractivity contribution in [3.05, 3.63) is 47.7 Å². The van der Waals surface area contributed by atoms with Gasteiger partial charge in [0.2, 0.25) is 5.88 Å². The largest absolute Gasteiger partial charge is 0.493 e. The predicted octanol–water partition coefficient (Wildman–Crippen LogP) is 2.61. The molecule has 0 amide bonds. The first-order valence-corrected chi connectivity index (χ1v) is 6.93. The number of aryl methyl sites for hydroxylation is 1. The molecular weight excluding hydrogens is 282 g/mol. The van der Waals surface area contributed by atoms with Crippen molar-refractivity contribution in [2.75, 3.05) is 6.61 Å². The number of hydrogen-bond acceptors (Lipinski definition) is 5. The summed E-state index contributed by atoms with van der Waals surface area (Å²) in [6.45, 7) is 3.79. The number of pyridine rings is 1. The van der Waals surface area contributed by atoms with Gasteiger partial charge in [-0.2, -0.15) is 10.1 Å². The number of carbonyl (C=O) groups excluding carboxylic acids is 1. The Morgan fingerprint density at radius 3 is 2.73 bits per heavy atom. The number of ether oxygens (including phenoxy) is 1. The zero-order valence-electron chi connectivity index (χ0n) is 12.3. The van der Waals surface area contributed by atoms with Crippen molar-refractivity contribution in [1.29, 1.82) is 0 Å². The third kappa shape index (κ3) is 2.28. The van der Waals surface area contributed by atoms with Crippen LogP contribution in [0.4, 0.5) is 0 Å². The summed E-state index contributed by atoms with van der Waals surface area (Å²) in [5.74, 6) is -0.742. The molecule has 0 spiro atoms. The van der Waals surface area contributed by atoms with Gasteiger partial charge in [-0.05, 0) is 26.0 Å². The first-order chi connectivity index (χ1) is 10.6. The van der Waals surface area contributed by atoms with Gasteiger partial charge in [-0.3, -0.25) is 0 Å². The van der Waals surface area contributed by atoms with E-state index in [4.69, 9.17) is 4.74 Å². The molecule has 0 unspecified atom stereocenters. The van der Waals surface area contributed by atoms with E-state index in [1.807, 2.05) is 30.3 Å². The van der Waals surface area contributed by atoms with Crippen LogP contribution in [0.25, 0.3) is 16.7 Å². The number of benzene rings is 1. The molecule has 0 atom stereocenters. The van der Waals surface area contributed by atoms with E-state index in [1.54, 1.807) is 18.5 Å². The van der Waals surface area contributed by atoms with Crippen molar-refractivity contribution in [2.45, 2.75) is 13.8 Å². The lowest BCUT2D eigenvalue weighted by molar-refractivity contribution is 0.0528. The molecule has 0 aliphatic carbocycles. The smallest absolute Gasteiger partial charge is 0.339 e. The Morgan fingerprint density at radius 1 is 1.32 bits per heavy atom. The molecule has 112 valence electrons. The molecule has 0 bridgehead atoms. The van der Waals surface area contributed by atoms with Crippen LogP contribution in [0, 0.1) is 6.92 Å². The molecule has 1 aromatic carbocycles. The molecule has 3 rings (SSSR count). The maximum Gasteiger partial charge on any atom is 0.339 e. The summed E-state index contributed by atoms with van der Waals surface area (Å²) in [4.78, 5) is 16.2. The first-order valence-electron chi connectivity index (χ1n) is 6.93. The third-order valence-corrected chi connectivity index (χ3v) is 3.30. The highest BCUT2D eigenvalue weighted by molar-refractivity contribution is 6.04. The van der Waals surface area contributed by atoms with Crippen molar-refractivity contribution in [3.8, 4) is 11.6 Å². The quantitative estimate of drug-likeness (QED) is 0.752. The molecule has 6 nitrogen and oxygen atoms in total. The molecule has 0 aliphatic heterocycles. The Hall–Kier alpha value is -2.89. The lowest BCUT2D eigenvalue weighted by Crippen LogP contribution is -2.06. The maximum absolute atomic E-state index is 12.1. The minimum absolute atomic E-state index is 0.243. The molecule has 2 heterocycles. The van der Waals surface area contributed by atoms with E-state index in [1.165, 1.54) is 6.07 Å². The molecule has 0 saturated heterocycles. The fourth-order valence-electron chi connectivity index (χ4n) is 2.39. The van der Waals surface area contributed by atoms with Crippen LogP contribution < -0.4 is 0 Å². The molecule has 3 aromatic rings. The van der Waals surface area contributed by atoms with Gasteiger partial charge < -0.3 is 9.84 Å². The van der Waals surface area contributed by atoms with Gasteiger partial charge in [0, 0.05) is 6.07 Å². The molecule has 0 saturated carbocycles. The molecule has 1 N–H and O–H groups in total. The van der Waals surface area contributed by atoms with Crippen molar-refractivity contribution in [3.63, 3.8) is 0 Å². The number of para-hydroxylation sites is 1. The zero-order chi connectivity index (χ0) is 15.7. The van der Waals surface area contributed by atoms with Gasteiger partial charge in [0.15, 0.2) is 5.65 Å². The minimum Gasteiger partial charge on any atom is -0.493 e. The van der Waals surface area contributed by atoms with Crippen LogP contribution in [-0.2, 0) is 4.74 Å². The number of aromatic hydroxyl groups is 1. The van der Waals surface area contributed by atoms with Gasteiger partial charge in [-0.15, -0.1) is 0 Å². The van der Waals surface area contributed by atoms with E-state index in [0.29, 0.717) is 16.7 Å². The lowest BCUT2D eigenvalue weighted by atomic mass is 10.1. The highest BCUT2D eigenvalue weighted by Crippen LogP contribution is 2.27. The normalized spacial score (nSPS) is 10.8. The van der Waals surface area contributed by atoms with Gasteiger partial charge in [0.05, 0.1) is 28.9 Å². The zero-order valence-corrected chi connectivity index (χ0v) is 12.3. The maximum atomic E-state index is 12.1. The minimum atomic E-state index is -0.499. The van der Waals surface area contributed by atoms with E-state index in [0.717, 1.165) is 5.69 Å². The Bertz CT molecular complexity index is 841. The number of rotatable bonds is 3. The summed E-state index contributed by atoms with van der Waals surface area (Å²) in [6.07, 6.45) is 0. The highest BCUT2D eigenvalue weighted by atomic mass is 16.5. The van der Waals surface area contributed by atoms with Crippen LogP contribution >= 0.6 is 0 Å². The molecule has 22 heavy (non-hydrogen) atoms. The second-order valence-electron chi connectivity index (χ2n) is 4.78. The molecule has 6 heteroatoms. The van der Waals surface area contributed by atoms with Crippen LogP contribution in [0.1, 0.15) is 23.0 Å². The van der Waals surface area contributed by atoms with E-state index in [2.05, 4.69) is 10.1 Å². The summed E-state index contributed by atoms with van der Waals surface area (Å²) in [6, 6.07) is 10.7. The first kappa shape index (κ1) is 14.1. The van der Waals surface area contributed by atoms with Crippen molar-refractivity contribution >= 4 is 17.0 Å². The molecular formula is C16H15N3O3. The second kappa shape index (κ2) is 5.48. The predicted molar refractivity (Wildman–Crippen MR) is 81.2 cm³/mol. The van der Waals surface area contributed by atoms with Gasteiger partial charge >= 0.3 is 5.97 Å². The SMILES string of the molecule is CCOC(=O)c1cc(O)nc2c1c(C)nn2-c1ccccc1. The van der Waals surface area contributed by atoms with E-state index in [-0.39, 0.29) is 18.1 Å². The number of aromatic nitrogens is 3. The topological polar surface area (TPSA) is 77.2 Å². The third-order valence-electron chi connectivity index (χ3n) is 3.30. The van der Waals surface area contributed by atoms with Crippen molar-refractivity contribution in [1.82, 2.24) is 14.8 Å². The molecule has 0 fully saturated rings. The number of nitrogens with zero attached hydrogens (tertiary/aromatic N) is 3. The Kier molecular flexibility index (Phi) is 3.50. The highest BCUT2D eigenvalue weighted by Gasteiger charge is 2.20. The van der Waals surface area contributed by atoms with Gasteiger partial charge in [-0.25, -0.2) is 9.48 Å². The second-order valence-corrected chi connectivity index (χ2v) is 4.78. The number of hydrogen-bond donors (Lipinski definition) is 1. The Labute approximate surface area is 127 Å². The van der Waals surface area contributed by atoms with Gasteiger partial charge in [0.1, 0.15) is 0 Å².